The summed E-state index contributed by atoms with van der Waals surface area (Å²) >= 11 is 1.64. The van der Waals surface area contributed by atoms with Gasteiger partial charge in [0.05, 0.1) is 46.0 Å². The number of phenols is 1. The molecule has 3 amide bonds. The molecule has 2 bridgehead atoms. The van der Waals surface area contributed by atoms with Crippen molar-refractivity contribution in [3.8, 4) is 33.5 Å². The number of phenolic OH excluding ortho intramolecular Hbond substituents is 1. The molecule has 5 aliphatic heterocycles. The molecule has 5 atom stereocenters. The highest BCUT2D eigenvalue weighted by atomic mass is 32.1. The largest absolute Gasteiger partial charge is 0.508 e. The van der Waals surface area contributed by atoms with Crippen molar-refractivity contribution in [1.29, 1.82) is 0 Å². The maximum absolute atomic E-state index is 17.3. The third-order valence-corrected chi connectivity index (χ3v) is 19.1. The molecule has 5 fully saturated rings. The van der Waals surface area contributed by atoms with Gasteiger partial charge in [-0.15, -0.1) is 11.3 Å². The second-order valence-electron chi connectivity index (χ2n) is 26.2. The minimum Gasteiger partial charge on any atom is -0.508 e. The predicted octanol–water partition coefficient (Wildman–Crippen LogP) is 12.1. The number of amides is 3. The molecule has 0 saturated carbocycles. The Hall–Kier alpha value is -7.56. The van der Waals surface area contributed by atoms with Crippen molar-refractivity contribution in [1.82, 2.24) is 50.0 Å². The number of aromatic nitrogens is 5. The van der Waals surface area contributed by atoms with E-state index in [1.807, 2.05) is 93.3 Å². The molecule has 4 aromatic heterocycles. The lowest BCUT2D eigenvalue weighted by Crippen LogP contribution is -2.57. The van der Waals surface area contributed by atoms with Gasteiger partial charge in [0.15, 0.2) is 11.6 Å². The van der Waals surface area contributed by atoms with Crippen LogP contribution in [0.25, 0.3) is 43.4 Å². The number of nitrogens with zero attached hydrogens (tertiary/aromatic N) is 11. The van der Waals surface area contributed by atoms with Crippen LogP contribution in [0, 0.1) is 12.7 Å². The minimum atomic E-state index is -1.34. The van der Waals surface area contributed by atoms with E-state index in [-0.39, 0.29) is 78.2 Å². The summed E-state index contributed by atoms with van der Waals surface area (Å²) < 4.78 is 51.6. The third-order valence-electron chi connectivity index (χ3n) is 18.2. The second kappa shape index (κ2) is 28.9. The van der Waals surface area contributed by atoms with Crippen LogP contribution in [0.4, 0.5) is 25.2 Å². The number of carbonyl (C=O) groups excluding carboxylic acids is 3. The summed E-state index contributed by atoms with van der Waals surface area (Å²) in [4.78, 5) is 68.8. The van der Waals surface area contributed by atoms with E-state index < -0.39 is 17.1 Å². The Kier molecular flexibility index (Phi) is 21.1. The molecule has 12 rings (SSSR count). The normalized spacial score (nSPS) is 20.4. The lowest BCUT2D eigenvalue weighted by molar-refractivity contribution is -0.131. The average molecular weight is 1270 g/mol. The van der Waals surface area contributed by atoms with Gasteiger partial charge in [0.25, 0.3) is 0 Å². The number of carbonyl (C=O) groups is 3. The maximum Gasteiger partial charge on any atom is 0.410 e. The number of aromatic hydroxyl groups is 1. The molecule has 2 N–H and O–H groups in total. The van der Waals surface area contributed by atoms with E-state index in [1.165, 1.54) is 16.9 Å². The van der Waals surface area contributed by atoms with Gasteiger partial charge in [0, 0.05) is 95.4 Å². The molecule has 22 heteroatoms. The summed E-state index contributed by atoms with van der Waals surface area (Å²) in [5.41, 5.74) is 4.78. The average Bonchev–Trinajstić information content (AvgIpc) is 1.60. The van der Waals surface area contributed by atoms with Gasteiger partial charge in [-0.25, -0.2) is 18.6 Å². The first-order valence-electron chi connectivity index (χ1n) is 32.5. The van der Waals surface area contributed by atoms with Crippen LogP contribution in [0.15, 0.2) is 76.9 Å². The van der Waals surface area contributed by atoms with Gasteiger partial charge in [-0.1, -0.05) is 74.8 Å². The second-order valence-corrected chi connectivity index (χ2v) is 27.0. The summed E-state index contributed by atoms with van der Waals surface area (Å²) in [7, 11) is 0. The van der Waals surface area contributed by atoms with Crippen molar-refractivity contribution in [3.05, 3.63) is 101 Å². The number of anilines is 2. The molecular weight excluding hydrogens is 1180 g/mol. The van der Waals surface area contributed by atoms with E-state index >= 15 is 8.78 Å². The van der Waals surface area contributed by atoms with E-state index in [0.717, 1.165) is 66.2 Å². The number of alkyl halides is 1. The summed E-state index contributed by atoms with van der Waals surface area (Å²) in [6.07, 6.45) is 8.57. The number of likely N-dealkylation sites (tertiary alicyclic amines) is 2. The molecule has 5 saturated heterocycles. The van der Waals surface area contributed by atoms with E-state index in [1.54, 1.807) is 29.7 Å². The van der Waals surface area contributed by atoms with E-state index in [4.69, 9.17) is 28.9 Å². The molecule has 5 unspecified atom stereocenters. The van der Waals surface area contributed by atoms with Crippen LogP contribution in [-0.2, 0) is 27.2 Å². The zero-order valence-corrected chi connectivity index (χ0v) is 55.3. The zero-order valence-electron chi connectivity index (χ0n) is 54.5. The van der Waals surface area contributed by atoms with Gasteiger partial charge in [-0.2, -0.15) is 9.97 Å². The number of pyridine rings is 1. The quantitative estimate of drug-likeness (QED) is 0.0865. The van der Waals surface area contributed by atoms with Gasteiger partial charge in [0.2, 0.25) is 12.3 Å². The van der Waals surface area contributed by atoms with Crippen molar-refractivity contribution in [3.63, 3.8) is 0 Å². The molecule has 9 heterocycles. The zero-order chi connectivity index (χ0) is 64.7. The highest BCUT2D eigenvalue weighted by Crippen LogP contribution is 2.41. The van der Waals surface area contributed by atoms with Gasteiger partial charge in [0.1, 0.15) is 46.4 Å². The van der Waals surface area contributed by atoms with Gasteiger partial charge < -0.3 is 39.1 Å². The van der Waals surface area contributed by atoms with Crippen molar-refractivity contribution in [2.75, 3.05) is 81.9 Å². The number of ether oxygens (including phenoxy) is 2. The van der Waals surface area contributed by atoms with Crippen LogP contribution < -0.4 is 19.9 Å². The molecule has 0 radical (unpaired) electrons. The van der Waals surface area contributed by atoms with Gasteiger partial charge >= 0.3 is 12.1 Å². The Bertz CT molecular complexity index is 3630. The molecule has 7 aromatic rings. The Morgan fingerprint density at radius 3 is 2.31 bits per heavy atom. The maximum atomic E-state index is 17.3. The number of benzene rings is 3. The number of halogens is 2. The van der Waals surface area contributed by atoms with Crippen molar-refractivity contribution < 1.29 is 42.3 Å². The summed E-state index contributed by atoms with van der Waals surface area (Å²) in [6, 6.07) is 19.3. The van der Waals surface area contributed by atoms with Gasteiger partial charge in [-0.05, 0) is 133 Å². The fourth-order valence-electron chi connectivity index (χ4n) is 13.4. The number of hydrogen-bond donors (Lipinski definition) is 2. The van der Waals surface area contributed by atoms with Crippen LogP contribution in [0.3, 0.4) is 0 Å². The van der Waals surface area contributed by atoms with Crippen molar-refractivity contribution in [2.24, 2.45) is 0 Å². The smallest absolute Gasteiger partial charge is 0.410 e. The topological polar surface area (TPSA) is 199 Å². The van der Waals surface area contributed by atoms with E-state index in [0.29, 0.717) is 107 Å². The highest BCUT2D eigenvalue weighted by molar-refractivity contribution is 7.13. The number of piperidine rings is 1. The van der Waals surface area contributed by atoms with E-state index in [2.05, 4.69) is 74.9 Å². The third kappa shape index (κ3) is 15.5. The summed E-state index contributed by atoms with van der Waals surface area (Å²) in [5.74, 6) is 1.17. The molecular formula is C69H90F2N12O7S. The predicted molar refractivity (Wildman–Crippen MR) is 353 cm³/mol. The number of piperazine rings is 2. The van der Waals surface area contributed by atoms with Gasteiger partial charge in [-0.3, -0.25) is 29.3 Å². The number of thiazole rings is 1. The molecule has 488 valence electrons. The molecule has 19 nitrogen and oxygen atoms in total. The first-order chi connectivity index (χ1) is 43.7. The molecule has 91 heavy (non-hydrogen) atoms. The Morgan fingerprint density at radius 1 is 0.923 bits per heavy atom. The SMILES string of the molecule is CCC.CCc1cccc2cc(O)cc(-c3ncc4c(N5CC6CCC(C5)N6C(=O)OC(C)(C)C)nc(OCCN5CCC(F)(CN6CCN(c7cc(CC(=O)N8CCCC8C)on7)CC6C)CC5)nc4c3F)c12.Cc1ncsc1-c1ccc(C(C)NC=O)cc1. The lowest BCUT2D eigenvalue weighted by Gasteiger charge is -2.44. The highest BCUT2D eigenvalue weighted by Gasteiger charge is 2.46. The van der Waals surface area contributed by atoms with E-state index in [9.17, 15) is 19.5 Å². The number of fused-ring (bicyclic) bond motifs is 4. The molecule has 5 aliphatic rings. The molecule has 0 aliphatic carbocycles. The Balaban J connectivity index is 0.000000388. The fraction of sp³-hybridized carbons (Fsp3) is 0.536. The van der Waals surface area contributed by atoms with Crippen molar-refractivity contribution in [2.45, 2.75) is 169 Å². The summed E-state index contributed by atoms with van der Waals surface area (Å²) in [6.45, 7) is 26.0. The van der Waals surface area contributed by atoms with Crippen LogP contribution in [0.2, 0.25) is 0 Å². The van der Waals surface area contributed by atoms with Crippen LogP contribution >= 0.6 is 11.3 Å². The minimum absolute atomic E-state index is 0.000242. The number of nitrogens with one attached hydrogen (secondary N) is 1. The number of rotatable bonds is 16. The van der Waals surface area contributed by atoms with Crippen LogP contribution in [0.1, 0.15) is 136 Å². The van der Waals surface area contributed by atoms with Crippen LogP contribution in [-0.4, -0.2) is 176 Å². The number of aryl methyl sites for hydroxylation is 2. The Morgan fingerprint density at radius 2 is 1.66 bits per heavy atom. The summed E-state index contributed by atoms with van der Waals surface area (Å²) in [5, 5.41) is 19.8. The standard InChI is InChI=1S/C53H68F2N10O6.C13H14N2OS.C3H8/c1-7-35-11-8-12-36-24-39(66)25-41(45(35)36)47-46(54)48-42(28-56-47)49(63-30-37-13-14-38(31-63)65(37)51(68)70-52(4,5)6)58-50(57-48)69-23-22-60-18-15-53(55,16-19-60)32-62-21-20-61(29-34(62)3)43-26-40(71-59-43)27-44(67)64-17-9-10-33(64)2;1-9(14-7-16)11-3-5-12(6-4-11)13-10(2)15-8-17-13;1-3-2/h8,11-12,24-26,28,33-34,37-38,66H,7,9-10,13-23,27,29-32H2,1-6H3;3-9H,1-2H3,(H,14,16);3H2,1-2H3. The van der Waals surface area contributed by atoms with Crippen LogP contribution in [0.5, 0.6) is 11.8 Å². The fourth-order valence-corrected chi connectivity index (χ4v) is 14.2. The molecule has 3 aromatic carbocycles. The number of hydrogen-bond acceptors (Lipinski definition) is 17. The monoisotopic (exact) mass is 1270 g/mol. The van der Waals surface area contributed by atoms with Crippen molar-refractivity contribution >= 4 is 63.1 Å². The lowest BCUT2D eigenvalue weighted by atomic mass is 9.91. The Labute approximate surface area is 537 Å². The first kappa shape index (κ1) is 66.4. The molecule has 0 spiro atoms. The first-order valence-corrected chi connectivity index (χ1v) is 33.4.